The highest BCUT2D eigenvalue weighted by Crippen LogP contribution is 2.25. The van der Waals surface area contributed by atoms with Crippen molar-refractivity contribution >= 4 is 5.95 Å². The Kier molecular flexibility index (Phi) is 6.70. The first kappa shape index (κ1) is 20.8. The predicted molar refractivity (Wildman–Crippen MR) is 115 cm³/mol. The van der Waals surface area contributed by atoms with Crippen molar-refractivity contribution in [1.82, 2.24) is 25.1 Å². The van der Waals surface area contributed by atoms with Gasteiger partial charge in [0.05, 0.1) is 5.69 Å². The monoisotopic (exact) mass is 384 g/mol. The van der Waals surface area contributed by atoms with Crippen LogP contribution in [0.1, 0.15) is 80.2 Å². The molecule has 1 fully saturated rings. The second kappa shape index (κ2) is 9.03. The van der Waals surface area contributed by atoms with Crippen LogP contribution in [-0.2, 0) is 13.1 Å². The first-order valence-electron chi connectivity index (χ1n) is 10.7. The molecule has 0 radical (unpaired) electrons. The summed E-state index contributed by atoms with van der Waals surface area (Å²) < 4.78 is 2.07. The highest BCUT2D eigenvalue weighted by Gasteiger charge is 2.21. The number of hydrogen-bond acceptors (Lipinski definition) is 5. The zero-order valence-corrected chi connectivity index (χ0v) is 18.4. The molecule has 2 heterocycles. The molecular formula is C22H36N6. The van der Waals surface area contributed by atoms with E-state index < -0.39 is 0 Å². The maximum atomic E-state index is 4.84. The van der Waals surface area contributed by atoms with Crippen molar-refractivity contribution in [2.24, 2.45) is 0 Å². The van der Waals surface area contributed by atoms with Crippen LogP contribution in [0.3, 0.4) is 0 Å². The van der Waals surface area contributed by atoms with Crippen LogP contribution in [0.2, 0.25) is 0 Å². The molecule has 0 saturated heterocycles. The SMILES string of the molecule is CCn1nc(C)c(CN[C@@H](C)c2cnc(N(C)C3CCCCC3)nc2C)c1C. The average Bonchev–Trinajstić information content (AvgIpc) is 2.99. The van der Waals surface area contributed by atoms with Gasteiger partial charge in [0.2, 0.25) is 5.95 Å². The van der Waals surface area contributed by atoms with Gasteiger partial charge in [0.1, 0.15) is 0 Å². The van der Waals surface area contributed by atoms with E-state index in [1.54, 1.807) is 0 Å². The first-order valence-corrected chi connectivity index (χ1v) is 10.7. The maximum absolute atomic E-state index is 4.84. The van der Waals surface area contributed by atoms with Gasteiger partial charge in [-0.3, -0.25) is 4.68 Å². The van der Waals surface area contributed by atoms with E-state index in [1.165, 1.54) is 48.9 Å². The van der Waals surface area contributed by atoms with Crippen LogP contribution in [0, 0.1) is 20.8 Å². The molecule has 1 aliphatic carbocycles. The zero-order chi connectivity index (χ0) is 20.3. The van der Waals surface area contributed by atoms with E-state index in [0.29, 0.717) is 6.04 Å². The second-order valence-electron chi connectivity index (χ2n) is 8.18. The lowest BCUT2D eigenvalue weighted by Crippen LogP contribution is -2.34. The van der Waals surface area contributed by atoms with Gasteiger partial charge in [-0.15, -0.1) is 0 Å². The molecule has 0 bridgehead atoms. The molecule has 6 nitrogen and oxygen atoms in total. The summed E-state index contributed by atoms with van der Waals surface area (Å²) in [6.45, 7) is 12.4. The number of anilines is 1. The third kappa shape index (κ3) is 4.37. The van der Waals surface area contributed by atoms with Gasteiger partial charge < -0.3 is 10.2 Å². The fraction of sp³-hybridized carbons (Fsp3) is 0.682. The van der Waals surface area contributed by atoms with Gasteiger partial charge >= 0.3 is 0 Å². The van der Waals surface area contributed by atoms with Gasteiger partial charge in [0, 0.05) is 60.9 Å². The van der Waals surface area contributed by atoms with Crippen LogP contribution < -0.4 is 10.2 Å². The largest absolute Gasteiger partial charge is 0.341 e. The third-order valence-corrected chi connectivity index (χ3v) is 6.32. The van der Waals surface area contributed by atoms with Crippen molar-refractivity contribution in [2.45, 2.75) is 91.9 Å². The van der Waals surface area contributed by atoms with Crippen LogP contribution in [0.25, 0.3) is 0 Å². The van der Waals surface area contributed by atoms with Gasteiger partial charge in [-0.05, 0) is 47.5 Å². The smallest absolute Gasteiger partial charge is 0.225 e. The van der Waals surface area contributed by atoms with E-state index in [1.807, 2.05) is 6.20 Å². The summed E-state index contributed by atoms with van der Waals surface area (Å²) in [5.41, 5.74) is 5.87. The normalized spacial score (nSPS) is 16.4. The number of nitrogens with one attached hydrogen (secondary N) is 1. The Morgan fingerprint density at radius 3 is 2.50 bits per heavy atom. The second-order valence-corrected chi connectivity index (χ2v) is 8.18. The summed E-state index contributed by atoms with van der Waals surface area (Å²) in [6.07, 6.45) is 8.51. The summed E-state index contributed by atoms with van der Waals surface area (Å²) in [5, 5.41) is 8.26. The number of nitrogens with zero attached hydrogens (tertiary/aromatic N) is 5. The van der Waals surface area contributed by atoms with Crippen LogP contribution in [0.4, 0.5) is 5.95 Å². The summed E-state index contributed by atoms with van der Waals surface area (Å²) >= 11 is 0. The molecule has 6 heteroatoms. The van der Waals surface area contributed by atoms with Gasteiger partial charge in [-0.25, -0.2) is 9.97 Å². The number of rotatable bonds is 7. The molecule has 0 aliphatic heterocycles. The Balaban J connectivity index is 1.67. The number of hydrogen-bond donors (Lipinski definition) is 1. The molecule has 2 aromatic heterocycles. The lowest BCUT2D eigenvalue weighted by molar-refractivity contribution is 0.423. The predicted octanol–water partition coefficient (Wildman–Crippen LogP) is 4.24. The summed E-state index contributed by atoms with van der Waals surface area (Å²) in [7, 11) is 2.14. The zero-order valence-electron chi connectivity index (χ0n) is 18.4. The first-order chi connectivity index (χ1) is 13.4. The molecule has 2 aromatic rings. The fourth-order valence-corrected chi connectivity index (χ4v) is 4.35. The molecule has 1 N–H and O–H groups in total. The van der Waals surface area contributed by atoms with Crippen molar-refractivity contribution in [3.8, 4) is 0 Å². The summed E-state index contributed by atoms with van der Waals surface area (Å²) in [5.74, 6) is 0.858. The highest BCUT2D eigenvalue weighted by atomic mass is 15.3. The van der Waals surface area contributed by atoms with E-state index in [9.17, 15) is 0 Å². The highest BCUT2D eigenvalue weighted by molar-refractivity contribution is 5.34. The molecule has 28 heavy (non-hydrogen) atoms. The van der Waals surface area contributed by atoms with Crippen molar-refractivity contribution in [3.05, 3.63) is 34.4 Å². The van der Waals surface area contributed by atoms with E-state index in [0.717, 1.165) is 30.4 Å². The minimum Gasteiger partial charge on any atom is -0.341 e. The minimum atomic E-state index is 0.192. The number of aromatic nitrogens is 4. The molecular weight excluding hydrogens is 348 g/mol. The molecule has 154 valence electrons. The van der Waals surface area contributed by atoms with E-state index in [-0.39, 0.29) is 6.04 Å². The van der Waals surface area contributed by atoms with Crippen molar-refractivity contribution in [2.75, 3.05) is 11.9 Å². The van der Waals surface area contributed by atoms with Crippen molar-refractivity contribution in [3.63, 3.8) is 0 Å². The standard InChI is InChI=1S/C22H36N6/c1-7-28-18(5)21(17(4)26-28)14-23-15(2)20-13-24-22(25-16(20)3)27(6)19-11-9-8-10-12-19/h13,15,19,23H,7-12,14H2,1-6H3/t15-/m0/s1. The number of aryl methyl sites for hydroxylation is 3. The van der Waals surface area contributed by atoms with E-state index in [4.69, 9.17) is 9.97 Å². The Morgan fingerprint density at radius 2 is 1.89 bits per heavy atom. The van der Waals surface area contributed by atoms with E-state index >= 15 is 0 Å². The topological polar surface area (TPSA) is 58.9 Å². The Bertz CT molecular complexity index is 791. The maximum Gasteiger partial charge on any atom is 0.225 e. The lowest BCUT2D eigenvalue weighted by Gasteiger charge is -2.31. The quantitative estimate of drug-likeness (QED) is 0.774. The average molecular weight is 385 g/mol. The van der Waals surface area contributed by atoms with Crippen LogP contribution in [0.5, 0.6) is 0 Å². The molecule has 0 aromatic carbocycles. The van der Waals surface area contributed by atoms with Crippen LogP contribution in [0.15, 0.2) is 6.20 Å². The molecule has 1 atom stereocenters. The molecule has 0 spiro atoms. The lowest BCUT2D eigenvalue weighted by atomic mass is 9.95. The molecule has 3 rings (SSSR count). The Morgan fingerprint density at radius 1 is 1.18 bits per heavy atom. The summed E-state index contributed by atoms with van der Waals surface area (Å²) in [4.78, 5) is 11.8. The summed E-state index contributed by atoms with van der Waals surface area (Å²) in [6, 6.07) is 0.772. The van der Waals surface area contributed by atoms with Crippen molar-refractivity contribution in [1.29, 1.82) is 0 Å². The Labute approximate surface area is 169 Å². The Hall–Kier alpha value is -1.95. The third-order valence-electron chi connectivity index (χ3n) is 6.32. The minimum absolute atomic E-state index is 0.192. The van der Waals surface area contributed by atoms with Crippen LogP contribution >= 0.6 is 0 Å². The molecule has 0 unspecified atom stereocenters. The van der Waals surface area contributed by atoms with Gasteiger partial charge in [-0.1, -0.05) is 19.3 Å². The van der Waals surface area contributed by atoms with Crippen LogP contribution in [-0.4, -0.2) is 32.8 Å². The van der Waals surface area contributed by atoms with Gasteiger partial charge in [-0.2, -0.15) is 5.10 Å². The van der Waals surface area contributed by atoms with Gasteiger partial charge in [0.25, 0.3) is 0 Å². The molecule has 1 aliphatic rings. The van der Waals surface area contributed by atoms with Crippen molar-refractivity contribution < 1.29 is 0 Å². The van der Waals surface area contributed by atoms with Gasteiger partial charge in [0.15, 0.2) is 0 Å². The fourth-order valence-electron chi connectivity index (χ4n) is 4.35. The molecule has 1 saturated carbocycles. The molecule has 0 amide bonds. The van der Waals surface area contributed by atoms with E-state index in [2.05, 4.69) is 61.7 Å².